The molecule has 1 atom stereocenters. The molecule has 2 heterocycles. The quantitative estimate of drug-likeness (QED) is 0.848. The molecule has 1 aromatic rings. The van der Waals surface area contributed by atoms with E-state index in [4.69, 9.17) is 4.74 Å². The molecule has 0 radical (unpaired) electrons. The second-order valence-electron chi connectivity index (χ2n) is 4.40. The number of likely N-dealkylation sites (tertiary alicyclic amines) is 1. The van der Waals surface area contributed by atoms with Crippen LogP contribution in [0.25, 0.3) is 0 Å². The molecule has 1 N–H and O–H groups in total. The van der Waals surface area contributed by atoms with E-state index in [1.165, 1.54) is 6.20 Å². The zero-order valence-electron chi connectivity index (χ0n) is 10.7. The maximum absolute atomic E-state index is 12.2. The molecule has 0 aromatic carbocycles. The van der Waals surface area contributed by atoms with Crippen molar-refractivity contribution in [3.05, 3.63) is 18.1 Å². The number of rotatable bonds is 4. The first-order valence-corrected chi connectivity index (χ1v) is 6.02. The molecule has 18 heavy (non-hydrogen) atoms. The molecule has 1 unspecified atom stereocenters. The number of carbonyl (C=O) groups is 1. The number of carbonyl (C=O) groups excluding carboxylic acids is 1. The van der Waals surface area contributed by atoms with E-state index in [1.807, 2.05) is 4.90 Å². The molecule has 1 aliphatic heterocycles. The average Bonchev–Trinajstić information content (AvgIpc) is 2.87. The number of hydrogen-bond acceptors (Lipinski definition) is 5. The molecule has 1 fully saturated rings. The molecule has 1 aliphatic rings. The minimum absolute atomic E-state index is 0.0521. The Balaban J connectivity index is 1.98. The van der Waals surface area contributed by atoms with Crippen molar-refractivity contribution >= 4 is 11.7 Å². The highest BCUT2D eigenvalue weighted by molar-refractivity contribution is 5.92. The normalized spacial score (nSPS) is 19.0. The van der Waals surface area contributed by atoms with Gasteiger partial charge in [-0.05, 0) is 6.42 Å². The lowest BCUT2D eigenvalue weighted by atomic mass is 10.1. The Morgan fingerprint density at radius 1 is 1.56 bits per heavy atom. The maximum atomic E-state index is 12.2. The second-order valence-corrected chi connectivity index (χ2v) is 4.40. The Morgan fingerprint density at radius 3 is 3.00 bits per heavy atom. The largest absolute Gasteiger partial charge is 0.384 e. The Hall–Kier alpha value is -1.69. The van der Waals surface area contributed by atoms with Gasteiger partial charge in [-0.15, -0.1) is 0 Å². The van der Waals surface area contributed by atoms with E-state index >= 15 is 0 Å². The van der Waals surface area contributed by atoms with Crippen LogP contribution in [0.1, 0.15) is 16.9 Å². The number of nitrogens with zero attached hydrogens (tertiary/aromatic N) is 3. The van der Waals surface area contributed by atoms with E-state index < -0.39 is 0 Å². The first-order chi connectivity index (χ1) is 8.74. The van der Waals surface area contributed by atoms with Gasteiger partial charge in [0.15, 0.2) is 0 Å². The second kappa shape index (κ2) is 5.77. The fraction of sp³-hybridized carbons (Fsp3) is 0.583. The molecule has 1 amide bonds. The third-order valence-corrected chi connectivity index (χ3v) is 3.10. The number of anilines is 1. The van der Waals surface area contributed by atoms with E-state index in [0.717, 1.165) is 19.5 Å². The molecule has 0 saturated carbocycles. The highest BCUT2D eigenvalue weighted by Gasteiger charge is 2.27. The van der Waals surface area contributed by atoms with Crippen molar-refractivity contribution in [1.29, 1.82) is 0 Å². The van der Waals surface area contributed by atoms with E-state index in [-0.39, 0.29) is 5.91 Å². The Morgan fingerprint density at radius 2 is 2.39 bits per heavy atom. The monoisotopic (exact) mass is 250 g/mol. The summed E-state index contributed by atoms with van der Waals surface area (Å²) in [5, 5.41) is 2.87. The highest BCUT2D eigenvalue weighted by atomic mass is 16.5. The van der Waals surface area contributed by atoms with E-state index in [0.29, 0.717) is 24.0 Å². The Labute approximate surface area is 106 Å². The minimum Gasteiger partial charge on any atom is -0.384 e. The van der Waals surface area contributed by atoms with Crippen LogP contribution in [0.3, 0.4) is 0 Å². The lowest BCUT2D eigenvalue weighted by Gasteiger charge is -2.15. The van der Waals surface area contributed by atoms with Crippen molar-refractivity contribution in [2.75, 3.05) is 39.2 Å². The zero-order valence-corrected chi connectivity index (χ0v) is 10.7. The van der Waals surface area contributed by atoms with Gasteiger partial charge in [0.05, 0.1) is 19.0 Å². The number of methoxy groups -OCH3 is 1. The van der Waals surface area contributed by atoms with E-state index in [1.54, 1.807) is 20.4 Å². The van der Waals surface area contributed by atoms with Crippen LogP contribution in [0.2, 0.25) is 0 Å². The molecular formula is C12H18N4O2. The van der Waals surface area contributed by atoms with Crippen molar-refractivity contribution in [2.24, 2.45) is 5.92 Å². The van der Waals surface area contributed by atoms with E-state index in [9.17, 15) is 4.79 Å². The van der Waals surface area contributed by atoms with Crippen LogP contribution in [-0.2, 0) is 4.74 Å². The fourth-order valence-corrected chi connectivity index (χ4v) is 2.12. The van der Waals surface area contributed by atoms with Crippen molar-refractivity contribution in [1.82, 2.24) is 14.9 Å². The summed E-state index contributed by atoms with van der Waals surface area (Å²) in [4.78, 5) is 22.2. The Kier molecular flexibility index (Phi) is 4.09. The predicted octanol–water partition coefficient (Wildman–Crippen LogP) is 0.627. The summed E-state index contributed by atoms with van der Waals surface area (Å²) in [5.41, 5.74) is 0.395. The van der Waals surface area contributed by atoms with Gasteiger partial charge in [-0.3, -0.25) is 4.79 Å². The number of hydrogen-bond donors (Lipinski definition) is 1. The fourth-order valence-electron chi connectivity index (χ4n) is 2.12. The van der Waals surface area contributed by atoms with Crippen molar-refractivity contribution < 1.29 is 9.53 Å². The van der Waals surface area contributed by atoms with Gasteiger partial charge in [0.2, 0.25) is 0 Å². The summed E-state index contributed by atoms with van der Waals surface area (Å²) in [6.07, 6.45) is 4.06. The molecule has 1 aromatic heterocycles. The molecule has 0 spiro atoms. The highest BCUT2D eigenvalue weighted by Crippen LogP contribution is 2.18. The molecule has 2 rings (SSSR count). The van der Waals surface area contributed by atoms with Crippen LogP contribution in [-0.4, -0.2) is 54.6 Å². The summed E-state index contributed by atoms with van der Waals surface area (Å²) in [7, 11) is 3.45. The van der Waals surface area contributed by atoms with Gasteiger partial charge in [0.25, 0.3) is 5.91 Å². The van der Waals surface area contributed by atoms with Crippen LogP contribution in [0.15, 0.2) is 12.4 Å². The van der Waals surface area contributed by atoms with Gasteiger partial charge in [0, 0.05) is 33.2 Å². The van der Waals surface area contributed by atoms with Gasteiger partial charge < -0.3 is 15.0 Å². The third kappa shape index (κ3) is 2.76. The smallest absolute Gasteiger partial charge is 0.274 e. The first-order valence-electron chi connectivity index (χ1n) is 6.02. The standard InChI is InChI=1S/C12H18N4O2/c1-13-11-6-14-10(5-15-11)12(17)16-4-3-9(7-16)8-18-2/h5-6,9H,3-4,7-8H2,1-2H3,(H,13,15). The van der Waals surface area contributed by atoms with Crippen LogP contribution in [0.5, 0.6) is 0 Å². The third-order valence-electron chi connectivity index (χ3n) is 3.10. The zero-order chi connectivity index (χ0) is 13.0. The summed E-state index contributed by atoms with van der Waals surface area (Å²) in [6, 6.07) is 0. The molecule has 0 aliphatic carbocycles. The topological polar surface area (TPSA) is 67.4 Å². The number of nitrogens with one attached hydrogen (secondary N) is 1. The first kappa shape index (κ1) is 12.8. The van der Waals surface area contributed by atoms with Crippen molar-refractivity contribution in [3.8, 4) is 0 Å². The molecule has 0 bridgehead atoms. The summed E-state index contributed by atoms with van der Waals surface area (Å²) in [6.45, 7) is 2.21. The lowest BCUT2D eigenvalue weighted by Crippen LogP contribution is -2.30. The number of amides is 1. The molecule has 6 nitrogen and oxygen atoms in total. The van der Waals surface area contributed by atoms with Crippen LogP contribution < -0.4 is 5.32 Å². The van der Waals surface area contributed by atoms with E-state index in [2.05, 4.69) is 15.3 Å². The van der Waals surface area contributed by atoms with Gasteiger partial charge in [-0.2, -0.15) is 0 Å². The van der Waals surface area contributed by atoms with Crippen molar-refractivity contribution in [2.45, 2.75) is 6.42 Å². The molecule has 98 valence electrons. The maximum Gasteiger partial charge on any atom is 0.274 e. The van der Waals surface area contributed by atoms with Gasteiger partial charge in [-0.25, -0.2) is 9.97 Å². The molecule has 1 saturated heterocycles. The average molecular weight is 250 g/mol. The summed E-state index contributed by atoms with van der Waals surface area (Å²) in [5.74, 6) is 1.04. The van der Waals surface area contributed by atoms with Crippen molar-refractivity contribution in [3.63, 3.8) is 0 Å². The summed E-state index contributed by atoms with van der Waals surface area (Å²) < 4.78 is 5.12. The lowest BCUT2D eigenvalue weighted by molar-refractivity contribution is 0.0769. The van der Waals surface area contributed by atoms with Crippen LogP contribution in [0.4, 0.5) is 5.82 Å². The van der Waals surface area contributed by atoms with Crippen LogP contribution in [0, 0.1) is 5.92 Å². The van der Waals surface area contributed by atoms with Crippen LogP contribution >= 0.6 is 0 Å². The van der Waals surface area contributed by atoms with Gasteiger partial charge in [0.1, 0.15) is 11.5 Å². The van der Waals surface area contributed by atoms with Gasteiger partial charge >= 0.3 is 0 Å². The number of aromatic nitrogens is 2. The Bertz CT molecular complexity index is 407. The SMILES string of the molecule is CNc1cnc(C(=O)N2CCC(COC)C2)cn1. The summed E-state index contributed by atoms with van der Waals surface area (Å²) >= 11 is 0. The van der Waals surface area contributed by atoms with Gasteiger partial charge in [-0.1, -0.05) is 0 Å². The minimum atomic E-state index is -0.0521. The molecule has 6 heteroatoms. The molecular weight excluding hydrogens is 232 g/mol. The number of ether oxygens (including phenoxy) is 1. The predicted molar refractivity (Wildman–Crippen MR) is 67.5 cm³/mol.